The summed E-state index contributed by atoms with van der Waals surface area (Å²) in [6, 6.07) is 5.04. The van der Waals surface area contributed by atoms with Gasteiger partial charge in [0.15, 0.2) is 6.04 Å². The molecule has 1 saturated heterocycles. The Bertz CT molecular complexity index is 485. The first kappa shape index (κ1) is 15.6. The lowest BCUT2D eigenvalue weighted by atomic mass is 9.98. The minimum Gasteiger partial charge on any atom is -0.325 e. The summed E-state index contributed by atoms with van der Waals surface area (Å²) in [6.07, 6.45) is 2.38. The number of likely N-dealkylation sites (tertiary alicyclic amines) is 1. The van der Waals surface area contributed by atoms with Crippen LogP contribution in [0, 0.1) is 5.92 Å². The van der Waals surface area contributed by atoms with E-state index >= 15 is 0 Å². The summed E-state index contributed by atoms with van der Waals surface area (Å²) in [5.74, 6) is 0.790. The standard InChI is InChI=1S/C15H20Cl2N2O/c1-10-5-7-19(8-6-10)11(2)15(20)18-14-4-3-12(16)9-13(14)17/h3-4,9-11H,5-8H2,1-2H3,(H,18,20)/p+1/t11-/m0/s1. The Morgan fingerprint density at radius 2 is 2.00 bits per heavy atom. The van der Waals surface area contributed by atoms with E-state index < -0.39 is 0 Å². The molecule has 2 N–H and O–H groups in total. The number of benzene rings is 1. The van der Waals surface area contributed by atoms with Crippen LogP contribution in [0.1, 0.15) is 26.7 Å². The van der Waals surface area contributed by atoms with Crippen molar-refractivity contribution < 1.29 is 9.69 Å². The Labute approximate surface area is 130 Å². The zero-order valence-corrected chi connectivity index (χ0v) is 13.4. The van der Waals surface area contributed by atoms with Gasteiger partial charge < -0.3 is 10.2 Å². The van der Waals surface area contributed by atoms with Crippen molar-refractivity contribution >= 4 is 34.8 Å². The molecule has 1 heterocycles. The van der Waals surface area contributed by atoms with E-state index in [2.05, 4.69) is 12.2 Å². The van der Waals surface area contributed by atoms with Gasteiger partial charge >= 0.3 is 0 Å². The first-order valence-corrected chi connectivity index (χ1v) is 7.83. The van der Waals surface area contributed by atoms with E-state index in [1.165, 1.54) is 17.7 Å². The predicted octanol–water partition coefficient (Wildman–Crippen LogP) is 2.64. The summed E-state index contributed by atoms with van der Waals surface area (Å²) < 4.78 is 0. The average molecular weight is 316 g/mol. The van der Waals surface area contributed by atoms with Crippen LogP contribution < -0.4 is 10.2 Å². The van der Waals surface area contributed by atoms with Crippen LogP contribution in [0.25, 0.3) is 0 Å². The molecule has 0 aliphatic carbocycles. The Balaban J connectivity index is 1.97. The van der Waals surface area contributed by atoms with Crippen LogP contribution in [0.3, 0.4) is 0 Å². The van der Waals surface area contributed by atoms with Gasteiger partial charge in [0.2, 0.25) is 0 Å². The molecule has 110 valence electrons. The molecule has 0 aromatic heterocycles. The van der Waals surface area contributed by atoms with Crippen LogP contribution in [-0.4, -0.2) is 25.0 Å². The third-order valence-corrected chi connectivity index (χ3v) is 4.66. The second-order valence-electron chi connectivity index (χ2n) is 5.68. The first-order chi connectivity index (χ1) is 9.47. The quantitative estimate of drug-likeness (QED) is 0.883. The van der Waals surface area contributed by atoms with Crippen molar-refractivity contribution in [2.45, 2.75) is 32.7 Å². The van der Waals surface area contributed by atoms with Crippen LogP contribution in [-0.2, 0) is 4.79 Å². The zero-order chi connectivity index (χ0) is 14.7. The van der Waals surface area contributed by atoms with Crippen molar-refractivity contribution in [2.75, 3.05) is 18.4 Å². The van der Waals surface area contributed by atoms with Gasteiger partial charge in [-0.15, -0.1) is 0 Å². The highest BCUT2D eigenvalue weighted by atomic mass is 35.5. The Morgan fingerprint density at radius 3 is 2.60 bits per heavy atom. The summed E-state index contributed by atoms with van der Waals surface area (Å²) in [6.45, 7) is 6.37. The highest BCUT2D eigenvalue weighted by Gasteiger charge is 2.28. The van der Waals surface area contributed by atoms with Gasteiger partial charge in [-0.2, -0.15) is 0 Å². The summed E-state index contributed by atoms with van der Waals surface area (Å²) in [7, 11) is 0. The van der Waals surface area contributed by atoms with Crippen molar-refractivity contribution in [2.24, 2.45) is 5.92 Å². The molecule has 3 nitrogen and oxygen atoms in total. The van der Waals surface area contributed by atoms with Crippen molar-refractivity contribution in [1.29, 1.82) is 0 Å². The van der Waals surface area contributed by atoms with Gasteiger partial charge in [-0.3, -0.25) is 4.79 Å². The van der Waals surface area contributed by atoms with Crippen LogP contribution >= 0.6 is 23.2 Å². The van der Waals surface area contributed by atoms with Gasteiger partial charge in [0.05, 0.1) is 23.8 Å². The number of carbonyl (C=O) groups excluding carboxylic acids is 1. The second-order valence-corrected chi connectivity index (χ2v) is 6.52. The van der Waals surface area contributed by atoms with Gasteiger partial charge in [0.25, 0.3) is 5.91 Å². The van der Waals surface area contributed by atoms with Crippen molar-refractivity contribution in [3.05, 3.63) is 28.2 Å². The number of amides is 1. The van der Waals surface area contributed by atoms with E-state index in [0.29, 0.717) is 15.7 Å². The number of anilines is 1. The van der Waals surface area contributed by atoms with Gasteiger partial charge in [0.1, 0.15) is 0 Å². The maximum absolute atomic E-state index is 12.3. The topological polar surface area (TPSA) is 33.5 Å². The first-order valence-electron chi connectivity index (χ1n) is 7.08. The van der Waals surface area contributed by atoms with Gasteiger partial charge in [0, 0.05) is 5.02 Å². The highest BCUT2D eigenvalue weighted by molar-refractivity contribution is 6.36. The molecular formula is C15H21Cl2N2O+. The van der Waals surface area contributed by atoms with Crippen LogP contribution in [0.2, 0.25) is 10.0 Å². The second kappa shape index (κ2) is 6.79. The molecule has 0 spiro atoms. The largest absolute Gasteiger partial charge is 0.325 e. The van der Waals surface area contributed by atoms with E-state index in [0.717, 1.165) is 19.0 Å². The van der Waals surface area contributed by atoms with E-state index in [1.807, 2.05) is 6.92 Å². The van der Waals surface area contributed by atoms with Gasteiger partial charge in [-0.05, 0) is 43.9 Å². The Kier molecular flexibility index (Phi) is 5.30. The molecule has 0 bridgehead atoms. The lowest BCUT2D eigenvalue weighted by molar-refractivity contribution is -0.919. The molecule has 0 radical (unpaired) electrons. The normalized spacial score (nSPS) is 24.2. The molecule has 0 unspecified atom stereocenters. The highest BCUT2D eigenvalue weighted by Crippen LogP contribution is 2.25. The number of nitrogens with one attached hydrogen (secondary N) is 2. The third kappa shape index (κ3) is 3.87. The summed E-state index contributed by atoms with van der Waals surface area (Å²) in [5, 5.41) is 3.93. The number of halogens is 2. The number of hydrogen-bond acceptors (Lipinski definition) is 1. The van der Waals surface area contributed by atoms with Gasteiger partial charge in [-0.1, -0.05) is 30.1 Å². The summed E-state index contributed by atoms with van der Waals surface area (Å²) >= 11 is 11.9. The average Bonchev–Trinajstić information content (AvgIpc) is 2.42. The fourth-order valence-electron chi connectivity index (χ4n) is 2.58. The van der Waals surface area contributed by atoms with E-state index in [-0.39, 0.29) is 11.9 Å². The minimum absolute atomic E-state index is 0.0128. The fourth-order valence-corrected chi connectivity index (χ4v) is 3.04. The van der Waals surface area contributed by atoms with E-state index in [9.17, 15) is 4.79 Å². The fraction of sp³-hybridized carbons (Fsp3) is 0.533. The van der Waals surface area contributed by atoms with Crippen molar-refractivity contribution in [3.63, 3.8) is 0 Å². The molecule has 1 aliphatic heterocycles. The number of carbonyl (C=O) groups is 1. The molecule has 1 aromatic carbocycles. The number of hydrogen-bond donors (Lipinski definition) is 2. The van der Waals surface area contributed by atoms with Crippen LogP contribution in [0.5, 0.6) is 0 Å². The third-order valence-electron chi connectivity index (χ3n) is 4.11. The molecule has 5 heteroatoms. The lowest BCUT2D eigenvalue weighted by Gasteiger charge is -2.31. The molecule has 1 fully saturated rings. The molecular weight excluding hydrogens is 295 g/mol. The van der Waals surface area contributed by atoms with Crippen LogP contribution in [0.4, 0.5) is 5.69 Å². The minimum atomic E-state index is -0.0609. The molecule has 1 aliphatic rings. The molecule has 1 aromatic rings. The summed E-state index contributed by atoms with van der Waals surface area (Å²) in [5.41, 5.74) is 0.623. The number of rotatable bonds is 3. The smallest absolute Gasteiger partial charge is 0.282 e. The molecule has 1 atom stereocenters. The van der Waals surface area contributed by atoms with E-state index in [1.54, 1.807) is 18.2 Å². The molecule has 2 rings (SSSR count). The van der Waals surface area contributed by atoms with Crippen LogP contribution in [0.15, 0.2) is 18.2 Å². The molecule has 20 heavy (non-hydrogen) atoms. The van der Waals surface area contributed by atoms with Crippen molar-refractivity contribution in [1.82, 2.24) is 0 Å². The maximum atomic E-state index is 12.3. The molecule has 1 amide bonds. The Hall–Kier alpha value is -0.770. The zero-order valence-electron chi connectivity index (χ0n) is 11.9. The summed E-state index contributed by atoms with van der Waals surface area (Å²) in [4.78, 5) is 13.7. The van der Waals surface area contributed by atoms with Gasteiger partial charge in [-0.25, -0.2) is 0 Å². The predicted molar refractivity (Wildman–Crippen MR) is 83.6 cm³/mol. The van der Waals surface area contributed by atoms with Crippen molar-refractivity contribution in [3.8, 4) is 0 Å². The SMILES string of the molecule is CC1CC[NH+]([C@@H](C)C(=O)Nc2ccc(Cl)cc2Cl)CC1. The lowest BCUT2D eigenvalue weighted by Crippen LogP contribution is -3.17. The maximum Gasteiger partial charge on any atom is 0.282 e. The van der Waals surface area contributed by atoms with E-state index in [4.69, 9.17) is 23.2 Å². The Morgan fingerprint density at radius 1 is 1.35 bits per heavy atom. The number of piperidine rings is 1. The number of quaternary nitrogens is 1. The molecule has 0 saturated carbocycles. The monoisotopic (exact) mass is 315 g/mol.